The summed E-state index contributed by atoms with van der Waals surface area (Å²) in [5.74, 6) is -1.67. The fraction of sp³-hybridized carbons (Fsp3) is 0.188. The van der Waals surface area contributed by atoms with Crippen LogP contribution in [0.1, 0.15) is 21.5 Å². The predicted molar refractivity (Wildman–Crippen MR) is 81.3 cm³/mol. The van der Waals surface area contributed by atoms with Crippen molar-refractivity contribution < 1.29 is 27.3 Å². The van der Waals surface area contributed by atoms with E-state index in [2.05, 4.69) is 4.36 Å². The molecule has 24 heavy (non-hydrogen) atoms. The molecule has 0 bridgehead atoms. The molecule has 2 aromatic rings. The van der Waals surface area contributed by atoms with Gasteiger partial charge in [-0.1, -0.05) is 18.2 Å². The Morgan fingerprint density at radius 1 is 1.17 bits per heavy atom. The van der Waals surface area contributed by atoms with E-state index in [0.717, 1.165) is 11.6 Å². The molecule has 1 aliphatic heterocycles. The van der Waals surface area contributed by atoms with Gasteiger partial charge in [0.25, 0.3) is 5.91 Å². The van der Waals surface area contributed by atoms with Crippen LogP contribution < -0.4 is 0 Å². The van der Waals surface area contributed by atoms with E-state index in [1.807, 2.05) is 0 Å². The van der Waals surface area contributed by atoms with Gasteiger partial charge in [0.15, 0.2) is 0 Å². The molecule has 1 amide bonds. The lowest BCUT2D eigenvalue weighted by Gasteiger charge is -2.09. The second-order valence-corrected chi connectivity index (χ2v) is 7.64. The average molecular weight is 355 g/mol. The summed E-state index contributed by atoms with van der Waals surface area (Å²) in [6, 6.07) is 8.85. The molecular weight excluding hydrogens is 343 g/mol. The molecule has 0 aliphatic carbocycles. The fourth-order valence-corrected chi connectivity index (χ4v) is 4.69. The number of benzene rings is 2. The van der Waals surface area contributed by atoms with E-state index in [4.69, 9.17) is 0 Å². The first kappa shape index (κ1) is 16.5. The first-order valence-electron chi connectivity index (χ1n) is 6.98. The summed E-state index contributed by atoms with van der Waals surface area (Å²) in [6.07, 6.45) is -4.13. The van der Waals surface area contributed by atoms with E-state index < -0.39 is 38.7 Å². The summed E-state index contributed by atoms with van der Waals surface area (Å²) in [4.78, 5) is 12.7. The number of carbonyl (C=O) groups excluding carboxylic acids is 1. The number of hydrogen-bond acceptors (Lipinski definition) is 3. The van der Waals surface area contributed by atoms with Crippen molar-refractivity contribution in [2.45, 2.75) is 17.5 Å². The molecule has 1 heterocycles. The molecule has 0 saturated heterocycles. The van der Waals surface area contributed by atoms with Crippen LogP contribution in [0.5, 0.6) is 5.75 Å². The van der Waals surface area contributed by atoms with Crippen molar-refractivity contribution in [1.82, 2.24) is 0 Å². The van der Waals surface area contributed by atoms with Crippen LogP contribution >= 0.6 is 0 Å². The average Bonchev–Trinajstić information content (AvgIpc) is 2.84. The fourth-order valence-electron chi connectivity index (χ4n) is 2.55. The number of hydrogen-bond donors (Lipinski definition) is 1. The Morgan fingerprint density at radius 2 is 1.88 bits per heavy atom. The second kappa shape index (κ2) is 5.62. The summed E-state index contributed by atoms with van der Waals surface area (Å²) in [7, 11) is -2.97. The first-order valence-corrected chi connectivity index (χ1v) is 8.66. The van der Waals surface area contributed by atoms with E-state index in [9.17, 15) is 27.3 Å². The zero-order valence-corrected chi connectivity index (χ0v) is 13.0. The van der Waals surface area contributed by atoms with Crippen LogP contribution in [0.25, 0.3) is 0 Å². The molecule has 4 nitrogen and oxygen atoms in total. The minimum absolute atomic E-state index is 0.166. The van der Waals surface area contributed by atoms with Crippen LogP contribution in [0.4, 0.5) is 13.2 Å². The van der Waals surface area contributed by atoms with Crippen molar-refractivity contribution in [3.8, 4) is 5.75 Å². The zero-order valence-electron chi connectivity index (χ0n) is 12.2. The molecule has 126 valence electrons. The minimum atomic E-state index is -4.63. The third-order valence-electron chi connectivity index (χ3n) is 3.75. The number of fused-ring (bicyclic) bond motifs is 1. The van der Waals surface area contributed by atoms with Gasteiger partial charge in [-0.2, -0.15) is 17.5 Å². The Hall–Kier alpha value is -2.35. The van der Waals surface area contributed by atoms with Gasteiger partial charge >= 0.3 is 6.18 Å². The number of aryl methyl sites for hydroxylation is 1. The van der Waals surface area contributed by atoms with Crippen molar-refractivity contribution in [2.24, 2.45) is 4.36 Å². The Morgan fingerprint density at radius 3 is 2.54 bits per heavy atom. The monoisotopic (exact) mass is 355 g/mol. The zero-order chi connectivity index (χ0) is 17.5. The summed E-state index contributed by atoms with van der Waals surface area (Å²) < 4.78 is 54.4. The van der Waals surface area contributed by atoms with Gasteiger partial charge in [-0.05, 0) is 36.2 Å². The molecule has 2 aromatic carbocycles. The standard InChI is InChI=1S/C16H12F3NO3S/c17-16(18,19)11-5-6-12(13(21)9-11)15(22)20-24(23)8-7-10-3-1-2-4-14(10)24/h1-6,9,21H,7-8H2. The largest absolute Gasteiger partial charge is 0.507 e. The highest BCUT2D eigenvalue weighted by Gasteiger charge is 2.32. The molecule has 1 atom stereocenters. The number of alkyl halides is 3. The van der Waals surface area contributed by atoms with Crippen LogP contribution in [0.2, 0.25) is 0 Å². The van der Waals surface area contributed by atoms with Crippen LogP contribution in [0.3, 0.4) is 0 Å². The Labute approximate surface area is 136 Å². The third-order valence-corrected chi connectivity index (χ3v) is 6.05. The highest BCUT2D eigenvalue weighted by Crippen LogP contribution is 2.33. The van der Waals surface area contributed by atoms with Gasteiger partial charge in [0.05, 0.1) is 25.8 Å². The molecule has 0 radical (unpaired) electrons. The van der Waals surface area contributed by atoms with E-state index in [1.54, 1.807) is 24.3 Å². The number of carbonyl (C=O) groups is 1. The number of nitrogens with zero attached hydrogens (tertiary/aromatic N) is 1. The summed E-state index contributed by atoms with van der Waals surface area (Å²) >= 11 is 0. The summed E-state index contributed by atoms with van der Waals surface area (Å²) in [6.45, 7) is 0. The number of phenolic OH excluding ortho intramolecular Hbond substituents is 1. The van der Waals surface area contributed by atoms with Crippen molar-refractivity contribution in [2.75, 3.05) is 5.75 Å². The Kier molecular flexibility index (Phi) is 3.87. The summed E-state index contributed by atoms with van der Waals surface area (Å²) in [5.41, 5.74) is -0.655. The van der Waals surface area contributed by atoms with Crippen molar-refractivity contribution in [3.05, 3.63) is 59.2 Å². The molecule has 1 unspecified atom stereocenters. The minimum Gasteiger partial charge on any atom is -0.507 e. The number of rotatable bonds is 1. The van der Waals surface area contributed by atoms with Crippen molar-refractivity contribution in [3.63, 3.8) is 0 Å². The van der Waals surface area contributed by atoms with Gasteiger partial charge in [0.2, 0.25) is 0 Å². The maximum atomic E-state index is 12.9. The topological polar surface area (TPSA) is 66.7 Å². The van der Waals surface area contributed by atoms with Gasteiger partial charge < -0.3 is 5.11 Å². The number of aromatic hydroxyl groups is 1. The highest BCUT2D eigenvalue weighted by molar-refractivity contribution is 7.94. The van der Waals surface area contributed by atoms with E-state index in [0.29, 0.717) is 23.4 Å². The van der Waals surface area contributed by atoms with Crippen molar-refractivity contribution in [1.29, 1.82) is 0 Å². The van der Waals surface area contributed by atoms with Crippen LogP contribution in [0, 0.1) is 0 Å². The lowest BCUT2D eigenvalue weighted by molar-refractivity contribution is -0.137. The molecule has 0 fully saturated rings. The third kappa shape index (κ3) is 2.89. The molecule has 8 heteroatoms. The van der Waals surface area contributed by atoms with E-state index >= 15 is 0 Å². The van der Waals surface area contributed by atoms with Gasteiger partial charge in [0.1, 0.15) is 5.75 Å². The molecule has 3 rings (SSSR count). The smallest absolute Gasteiger partial charge is 0.416 e. The molecular formula is C16H12F3NO3S. The predicted octanol–water partition coefficient (Wildman–Crippen LogP) is 3.63. The Bertz CT molecular complexity index is 944. The first-order chi connectivity index (χ1) is 11.2. The number of phenols is 1. The number of halogens is 3. The molecule has 0 aromatic heterocycles. The molecule has 0 spiro atoms. The lowest BCUT2D eigenvalue weighted by atomic mass is 10.1. The molecule has 1 N–H and O–H groups in total. The normalized spacial score (nSPS) is 19.8. The Balaban J connectivity index is 2.01. The highest BCUT2D eigenvalue weighted by atomic mass is 32.2. The van der Waals surface area contributed by atoms with Gasteiger partial charge in [-0.15, -0.1) is 0 Å². The lowest BCUT2D eigenvalue weighted by Crippen LogP contribution is -2.08. The van der Waals surface area contributed by atoms with E-state index in [1.165, 1.54) is 0 Å². The maximum absolute atomic E-state index is 12.9. The molecule has 0 saturated carbocycles. The van der Waals surface area contributed by atoms with Crippen molar-refractivity contribution >= 4 is 15.6 Å². The van der Waals surface area contributed by atoms with Gasteiger partial charge in [-0.25, -0.2) is 4.21 Å². The van der Waals surface area contributed by atoms with Crippen LogP contribution in [-0.2, 0) is 22.3 Å². The molecule has 1 aliphatic rings. The van der Waals surface area contributed by atoms with Gasteiger partial charge in [-0.3, -0.25) is 4.79 Å². The van der Waals surface area contributed by atoms with Crippen LogP contribution in [-0.4, -0.2) is 21.0 Å². The summed E-state index contributed by atoms with van der Waals surface area (Å²) in [5, 5.41) is 9.70. The van der Waals surface area contributed by atoms with E-state index in [-0.39, 0.29) is 5.75 Å². The van der Waals surface area contributed by atoms with Crippen LogP contribution in [0.15, 0.2) is 51.7 Å². The quantitative estimate of drug-likeness (QED) is 0.849. The maximum Gasteiger partial charge on any atom is 0.416 e. The number of amides is 1. The second-order valence-electron chi connectivity index (χ2n) is 5.33. The SMILES string of the molecule is O=C(N=S1(=O)CCc2ccccc21)c1ccc(C(F)(F)F)cc1O. The van der Waals surface area contributed by atoms with Gasteiger partial charge in [0, 0.05) is 5.75 Å².